The first-order chi connectivity index (χ1) is 6.15. The second-order valence-electron chi connectivity index (χ2n) is 3.52. The van der Waals surface area contributed by atoms with Crippen molar-refractivity contribution in [2.24, 2.45) is 5.92 Å². The number of carbonyl (C=O) groups excluding carboxylic acids is 1. The van der Waals surface area contributed by atoms with Gasteiger partial charge in [-0.25, -0.2) is 0 Å². The van der Waals surface area contributed by atoms with Crippen molar-refractivity contribution < 1.29 is 9.53 Å². The molecule has 0 bridgehead atoms. The Morgan fingerprint density at radius 2 is 2.00 bits per heavy atom. The number of hydrogen-bond donors (Lipinski definition) is 0. The van der Waals surface area contributed by atoms with E-state index in [4.69, 9.17) is 4.74 Å². The summed E-state index contributed by atoms with van der Waals surface area (Å²) in [6, 6.07) is 0. The van der Waals surface area contributed by atoms with Gasteiger partial charge in [0.15, 0.2) is 0 Å². The second-order valence-corrected chi connectivity index (χ2v) is 3.52. The molecule has 3 heteroatoms. The van der Waals surface area contributed by atoms with Gasteiger partial charge in [0, 0.05) is 18.8 Å². The Morgan fingerprint density at radius 3 is 2.38 bits per heavy atom. The molecule has 1 fully saturated rings. The first kappa shape index (κ1) is 10.1. The SMILES string of the molecule is C=C(C)N1CCC(C(=O)OC)CC1. The lowest BCUT2D eigenvalue weighted by Gasteiger charge is -2.32. The van der Waals surface area contributed by atoms with E-state index < -0.39 is 0 Å². The highest BCUT2D eigenvalue weighted by molar-refractivity contribution is 5.72. The largest absolute Gasteiger partial charge is 0.469 e. The van der Waals surface area contributed by atoms with Crippen molar-refractivity contribution >= 4 is 5.97 Å². The van der Waals surface area contributed by atoms with Crippen LogP contribution in [0, 0.1) is 5.92 Å². The summed E-state index contributed by atoms with van der Waals surface area (Å²) in [7, 11) is 1.45. The molecule has 0 aromatic carbocycles. The molecule has 0 unspecified atom stereocenters. The molecular weight excluding hydrogens is 166 g/mol. The van der Waals surface area contributed by atoms with Crippen LogP contribution in [0.4, 0.5) is 0 Å². The molecule has 0 N–H and O–H groups in total. The molecule has 0 amide bonds. The molecule has 13 heavy (non-hydrogen) atoms. The molecule has 0 spiro atoms. The first-order valence-corrected chi connectivity index (χ1v) is 4.63. The van der Waals surface area contributed by atoms with Crippen LogP contribution in [0.2, 0.25) is 0 Å². The summed E-state index contributed by atoms with van der Waals surface area (Å²) in [5.41, 5.74) is 1.09. The highest BCUT2D eigenvalue weighted by atomic mass is 16.5. The molecule has 0 aromatic rings. The van der Waals surface area contributed by atoms with Gasteiger partial charge in [-0.3, -0.25) is 4.79 Å². The third-order valence-electron chi connectivity index (χ3n) is 2.57. The summed E-state index contributed by atoms with van der Waals surface area (Å²) >= 11 is 0. The summed E-state index contributed by atoms with van der Waals surface area (Å²) < 4.78 is 4.71. The molecule has 0 aliphatic carbocycles. The van der Waals surface area contributed by atoms with E-state index in [1.807, 2.05) is 6.92 Å². The van der Waals surface area contributed by atoms with Crippen LogP contribution in [0.5, 0.6) is 0 Å². The molecule has 1 rings (SSSR count). The Balaban J connectivity index is 2.39. The highest BCUT2D eigenvalue weighted by Gasteiger charge is 2.24. The van der Waals surface area contributed by atoms with Gasteiger partial charge in [-0.15, -0.1) is 0 Å². The zero-order chi connectivity index (χ0) is 9.84. The number of piperidine rings is 1. The number of likely N-dealkylation sites (tertiary alicyclic amines) is 1. The second kappa shape index (κ2) is 4.30. The van der Waals surface area contributed by atoms with Crippen LogP contribution in [-0.2, 0) is 9.53 Å². The summed E-state index contributed by atoms with van der Waals surface area (Å²) in [6.07, 6.45) is 1.78. The summed E-state index contributed by atoms with van der Waals surface area (Å²) in [6.45, 7) is 7.73. The van der Waals surface area contributed by atoms with E-state index >= 15 is 0 Å². The predicted molar refractivity (Wildman–Crippen MR) is 51.1 cm³/mol. The average Bonchev–Trinajstić information content (AvgIpc) is 2.17. The molecule has 1 saturated heterocycles. The van der Waals surface area contributed by atoms with Crippen LogP contribution < -0.4 is 0 Å². The Hall–Kier alpha value is -0.990. The van der Waals surface area contributed by atoms with Gasteiger partial charge >= 0.3 is 5.97 Å². The lowest BCUT2D eigenvalue weighted by Crippen LogP contribution is -2.35. The van der Waals surface area contributed by atoms with Gasteiger partial charge in [-0.05, 0) is 19.8 Å². The van der Waals surface area contributed by atoms with Crippen LogP contribution in [0.25, 0.3) is 0 Å². The maximum atomic E-state index is 11.2. The fourth-order valence-electron chi connectivity index (χ4n) is 1.66. The smallest absolute Gasteiger partial charge is 0.308 e. The molecule has 74 valence electrons. The maximum Gasteiger partial charge on any atom is 0.308 e. The Morgan fingerprint density at radius 1 is 1.46 bits per heavy atom. The van der Waals surface area contributed by atoms with Crippen LogP contribution in [0.3, 0.4) is 0 Å². The first-order valence-electron chi connectivity index (χ1n) is 4.63. The Bertz CT molecular complexity index is 205. The maximum absolute atomic E-state index is 11.2. The molecule has 0 aromatic heterocycles. The van der Waals surface area contributed by atoms with E-state index in [1.54, 1.807) is 0 Å². The summed E-state index contributed by atoms with van der Waals surface area (Å²) in [5.74, 6) is 0.0296. The number of carbonyl (C=O) groups is 1. The molecular formula is C10H17NO2. The van der Waals surface area contributed by atoms with Crippen molar-refractivity contribution in [3.8, 4) is 0 Å². The normalized spacial score (nSPS) is 18.5. The van der Waals surface area contributed by atoms with Crippen molar-refractivity contribution in [1.29, 1.82) is 0 Å². The van der Waals surface area contributed by atoms with E-state index in [9.17, 15) is 4.79 Å². The highest BCUT2D eigenvalue weighted by Crippen LogP contribution is 2.20. The quantitative estimate of drug-likeness (QED) is 0.606. The van der Waals surface area contributed by atoms with Gasteiger partial charge in [0.25, 0.3) is 0 Å². The van der Waals surface area contributed by atoms with E-state index in [2.05, 4.69) is 11.5 Å². The van der Waals surface area contributed by atoms with Gasteiger partial charge in [-0.2, -0.15) is 0 Å². The summed E-state index contributed by atoms with van der Waals surface area (Å²) in [5, 5.41) is 0. The molecule has 1 aliphatic rings. The van der Waals surface area contributed by atoms with Gasteiger partial charge in [0.1, 0.15) is 0 Å². The van der Waals surface area contributed by atoms with Crippen LogP contribution in [0.1, 0.15) is 19.8 Å². The van der Waals surface area contributed by atoms with Crippen molar-refractivity contribution in [1.82, 2.24) is 4.90 Å². The van der Waals surface area contributed by atoms with E-state index in [-0.39, 0.29) is 11.9 Å². The van der Waals surface area contributed by atoms with Crippen molar-refractivity contribution in [3.63, 3.8) is 0 Å². The standard InChI is InChI=1S/C10H17NO2/c1-8(2)11-6-4-9(5-7-11)10(12)13-3/h9H,1,4-7H2,2-3H3. The zero-order valence-electron chi connectivity index (χ0n) is 8.38. The van der Waals surface area contributed by atoms with Crippen molar-refractivity contribution in [2.45, 2.75) is 19.8 Å². The third-order valence-corrected chi connectivity index (χ3v) is 2.57. The predicted octanol–water partition coefficient (Wildman–Crippen LogP) is 1.41. The minimum atomic E-state index is -0.0682. The van der Waals surface area contributed by atoms with Crippen molar-refractivity contribution in [2.75, 3.05) is 20.2 Å². The van der Waals surface area contributed by atoms with Crippen LogP contribution in [0.15, 0.2) is 12.3 Å². The zero-order valence-corrected chi connectivity index (χ0v) is 8.38. The minimum Gasteiger partial charge on any atom is -0.469 e. The molecule has 3 nitrogen and oxygen atoms in total. The van der Waals surface area contributed by atoms with E-state index in [0.29, 0.717) is 0 Å². The van der Waals surface area contributed by atoms with Crippen LogP contribution >= 0.6 is 0 Å². The number of allylic oxidation sites excluding steroid dienone is 1. The van der Waals surface area contributed by atoms with E-state index in [1.165, 1.54) is 7.11 Å². The molecule has 0 radical (unpaired) electrons. The van der Waals surface area contributed by atoms with Gasteiger partial charge in [0.2, 0.25) is 0 Å². The molecule has 0 atom stereocenters. The third kappa shape index (κ3) is 2.47. The molecule has 1 heterocycles. The fourth-order valence-corrected chi connectivity index (χ4v) is 1.66. The van der Waals surface area contributed by atoms with Gasteiger partial charge < -0.3 is 9.64 Å². The number of nitrogens with zero attached hydrogens (tertiary/aromatic N) is 1. The molecule has 0 saturated carbocycles. The lowest BCUT2D eigenvalue weighted by atomic mass is 9.97. The average molecular weight is 183 g/mol. The Kier molecular flexibility index (Phi) is 3.34. The number of methoxy groups -OCH3 is 1. The fraction of sp³-hybridized carbons (Fsp3) is 0.700. The van der Waals surface area contributed by atoms with E-state index in [0.717, 1.165) is 31.6 Å². The number of rotatable bonds is 2. The topological polar surface area (TPSA) is 29.5 Å². The van der Waals surface area contributed by atoms with Gasteiger partial charge in [0.05, 0.1) is 13.0 Å². The van der Waals surface area contributed by atoms with Gasteiger partial charge in [-0.1, -0.05) is 6.58 Å². The lowest BCUT2D eigenvalue weighted by molar-refractivity contribution is -0.146. The number of ether oxygens (including phenoxy) is 1. The van der Waals surface area contributed by atoms with Crippen molar-refractivity contribution in [3.05, 3.63) is 12.3 Å². The monoisotopic (exact) mass is 183 g/mol. The molecule has 1 aliphatic heterocycles. The minimum absolute atomic E-state index is 0.0682. The summed E-state index contributed by atoms with van der Waals surface area (Å²) in [4.78, 5) is 13.4. The number of esters is 1. The number of hydrogen-bond acceptors (Lipinski definition) is 3. The Labute approximate surface area is 79.4 Å². The van der Waals surface area contributed by atoms with Crippen LogP contribution in [-0.4, -0.2) is 31.1 Å².